The molecule has 0 N–H and O–H groups in total. The fraction of sp³-hybridized carbons (Fsp3) is 0.435. The summed E-state index contributed by atoms with van der Waals surface area (Å²) in [5.74, 6) is 0.785. The minimum absolute atomic E-state index is 0.129. The van der Waals surface area contributed by atoms with Crippen molar-refractivity contribution in [1.82, 2.24) is 24.9 Å². The Balaban J connectivity index is 1.30. The molecule has 1 aromatic carbocycles. The number of nitrogens with zero attached hydrogens (tertiary/aromatic N) is 5. The van der Waals surface area contributed by atoms with Crippen LogP contribution < -0.4 is 0 Å². The van der Waals surface area contributed by atoms with E-state index in [-0.39, 0.29) is 11.5 Å². The first-order valence-corrected chi connectivity index (χ1v) is 12.6. The third kappa shape index (κ3) is 5.98. The highest BCUT2D eigenvalue weighted by molar-refractivity contribution is 7.90. The van der Waals surface area contributed by atoms with Crippen LogP contribution in [0.1, 0.15) is 48.2 Å². The summed E-state index contributed by atoms with van der Waals surface area (Å²) in [7, 11) is -3.01. The Bertz CT molecular complexity index is 1090. The minimum Gasteiger partial charge on any atom is -0.297 e. The van der Waals surface area contributed by atoms with E-state index < -0.39 is 9.84 Å². The number of aromatic nitrogens is 4. The van der Waals surface area contributed by atoms with Crippen molar-refractivity contribution in [2.45, 2.75) is 44.5 Å². The average Bonchev–Trinajstić information content (AvgIpc) is 3.21. The van der Waals surface area contributed by atoms with Gasteiger partial charge in [-0.1, -0.05) is 42.5 Å². The third-order valence-electron chi connectivity index (χ3n) is 5.86. The summed E-state index contributed by atoms with van der Waals surface area (Å²) in [6.07, 6.45) is 5.91. The number of piperidine rings is 1. The van der Waals surface area contributed by atoms with Gasteiger partial charge in [0.2, 0.25) is 0 Å². The molecular weight excluding hydrogens is 410 g/mol. The van der Waals surface area contributed by atoms with Crippen molar-refractivity contribution in [1.29, 1.82) is 0 Å². The maximum atomic E-state index is 12.0. The van der Waals surface area contributed by atoms with Gasteiger partial charge in [0.15, 0.2) is 9.84 Å². The molecule has 1 aliphatic rings. The van der Waals surface area contributed by atoms with Crippen LogP contribution in [0.4, 0.5) is 0 Å². The molecule has 1 aliphatic heterocycles. The van der Waals surface area contributed by atoms with Crippen molar-refractivity contribution in [2.75, 3.05) is 18.8 Å². The molecule has 3 heterocycles. The van der Waals surface area contributed by atoms with E-state index in [1.165, 1.54) is 5.56 Å². The van der Waals surface area contributed by atoms with Crippen molar-refractivity contribution < 1.29 is 8.42 Å². The molecule has 7 nitrogen and oxygen atoms in total. The summed E-state index contributed by atoms with van der Waals surface area (Å²) in [6.45, 7) is 5.11. The summed E-state index contributed by atoms with van der Waals surface area (Å²) in [5, 5.41) is 8.56. The Labute approximate surface area is 184 Å². The molecule has 0 unspecified atom stereocenters. The summed E-state index contributed by atoms with van der Waals surface area (Å²) in [4.78, 5) is 6.75. The normalized spacial score (nSPS) is 15.9. The largest absolute Gasteiger partial charge is 0.297 e. The van der Waals surface area contributed by atoms with Crippen LogP contribution in [0.5, 0.6) is 0 Å². The molecule has 1 fully saturated rings. The molecule has 2 aromatic heterocycles. The first-order valence-electron chi connectivity index (χ1n) is 10.8. The number of rotatable bonds is 8. The molecule has 0 saturated carbocycles. The van der Waals surface area contributed by atoms with Crippen molar-refractivity contribution in [2.24, 2.45) is 0 Å². The van der Waals surface area contributed by atoms with Gasteiger partial charge in [0.1, 0.15) is 0 Å². The SMILES string of the molecule is CCS(=O)(=O)Cc1cccc(C2CCN(Cc3cn(Cc4ccccn4)nn3)CC2)c1. The smallest absolute Gasteiger partial charge is 0.154 e. The van der Waals surface area contributed by atoms with Crippen molar-refractivity contribution in [3.05, 3.63) is 77.4 Å². The Morgan fingerprint density at radius 3 is 2.61 bits per heavy atom. The van der Waals surface area contributed by atoms with Gasteiger partial charge in [-0.3, -0.25) is 9.88 Å². The average molecular weight is 440 g/mol. The number of pyridine rings is 1. The van der Waals surface area contributed by atoms with Crippen molar-refractivity contribution in [3.8, 4) is 0 Å². The Morgan fingerprint density at radius 1 is 1.03 bits per heavy atom. The monoisotopic (exact) mass is 439 g/mol. The predicted molar refractivity (Wildman–Crippen MR) is 120 cm³/mol. The zero-order valence-electron chi connectivity index (χ0n) is 17.9. The van der Waals surface area contributed by atoms with E-state index in [1.54, 1.807) is 13.1 Å². The quantitative estimate of drug-likeness (QED) is 0.537. The molecule has 0 atom stereocenters. The highest BCUT2D eigenvalue weighted by Gasteiger charge is 2.22. The minimum atomic E-state index is -3.01. The molecule has 4 rings (SSSR count). The third-order valence-corrected chi connectivity index (χ3v) is 7.51. The van der Waals surface area contributed by atoms with Crippen LogP contribution in [0.25, 0.3) is 0 Å². The number of likely N-dealkylation sites (tertiary alicyclic amines) is 1. The number of hydrogen-bond donors (Lipinski definition) is 0. The molecule has 0 amide bonds. The standard InChI is InChI=1S/C23H29N5O2S/c1-2-31(29,30)18-19-6-5-7-21(14-19)20-9-12-27(13-10-20)15-23-17-28(26-25-23)16-22-8-3-4-11-24-22/h3-8,11,14,17,20H,2,9-10,12-13,15-16,18H2,1H3. The number of hydrogen-bond acceptors (Lipinski definition) is 6. The molecule has 0 aliphatic carbocycles. The van der Waals surface area contributed by atoms with Gasteiger partial charge < -0.3 is 0 Å². The van der Waals surface area contributed by atoms with Gasteiger partial charge in [-0.15, -0.1) is 5.10 Å². The molecule has 0 radical (unpaired) electrons. The van der Waals surface area contributed by atoms with E-state index in [9.17, 15) is 8.42 Å². The molecule has 164 valence electrons. The summed E-state index contributed by atoms with van der Waals surface area (Å²) in [5.41, 5.74) is 4.09. The number of benzene rings is 1. The molecule has 0 spiro atoms. The van der Waals surface area contributed by atoms with Gasteiger partial charge in [-0.2, -0.15) is 0 Å². The molecule has 0 bridgehead atoms. The van der Waals surface area contributed by atoms with Crippen LogP contribution in [0, 0.1) is 0 Å². The molecule has 1 saturated heterocycles. The van der Waals surface area contributed by atoms with Gasteiger partial charge in [0.05, 0.1) is 29.9 Å². The lowest BCUT2D eigenvalue weighted by Crippen LogP contribution is -2.32. The fourth-order valence-electron chi connectivity index (χ4n) is 4.09. The Hall–Kier alpha value is -2.58. The Morgan fingerprint density at radius 2 is 1.87 bits per heavy atom. The lowest BCUT2D eigenvalue weighted by Gasteiger charge is -2.31. The maximum Gasteiger partial charge on any atom is 0.154 e. The van der Waals surface area contributed by atoms with E-state index in [1.807, 2.05) is 41.2 Å². The van der Waals surface area contributed by atoms with Crippen molar-refractivity contribution in [3.63, 3.8) is 0 Å². The second-order valence-electron chi connectivity index (χ2n) is 8.20. The molecule has 3 aromatic rings. The second kappa shape index (κ2) is 9.70. The maximum absolute atomic E-state index is 12.0. The Kier molecular flexibility index (Phi) is 6.77. The van der Waals surface area contributed by atoms with E-state index in [2.05, 4.69) is 32.3 Å². The molecule has 8 heteroatoms. The summed E-state index contributed by atoms with van der Waals surface area (Å²) < 4.78 is 25.7. The van der Waals surface area contributed by atoms with Crippen LogP contribution in [0.3, 0.4) is 0 Å². The topological polar surface area (TPSA) is 81.0 Å². The molecular formula is C23H29N5O2S. The van der Waals surface area contributed by atoms with Gasteiger partial charge in [0, 0.05) is 18.5 Å². The summed E-state index contributed by atoms with van der Waals surface area (Å²) in [6, 6.07) is 14.0. The lowest BCUT2D eigenvalue weighted by molar-refractivity contribution is 0.202. The van der Waals surface area contributed by atoms with Crippen LogP contribution in [0.2, 0.25) is 0 Å². The first-order chi connectivity index (χ1) is 15.0. The van der Waals surface area contributed by atoms with Crippen molar-refractivity contribution >= 4 is 9.84 Å². The summed E-state index contributed by atoms with van der Waals surface area (Å²) >= 11 is 0. The van der Waals surface area contributed by atoms with Gasteiger partial charge in [-0.25, -0.2) is 13.1 Å². The second-order valence-corrected chi connectivity index (χ2v) is 10.6. The van der Waals surface area contributed by atoms with Gasteiger partial charge in [0.25, 0.3) is 0 Å². The van der Waals surface area contributed by atoms with E-state index in [4.69, 9.17) is 0 Å². The fourth-order valence-corrected chi connectivity index (χ4v) is 4.98. The molecule has 31 heavy (non-hydrogen) atoms. The predicted octanol–water partition coefficient (Wildman–Crippen LogP) is 3.04. The highest BCUT2D eigenvalue weighted by Crippen LogP contribution is 2.29. The highest BCUT2D eigenvalue weighted by atomic mass is 32.2. The van der Waals surface area contributed by atoms with Crippen LogP contribution in [0.15, 0.2) is 54.9 Å². The van der Waals surface area contributed by atoms with Crippen LogP contribution in [-0.2, 0) is 28.7 Å². The zero-order valence-corrected chi connectivity index (χ0v) is 18.7. The van der Waals surface area contributed by atoms with E-state index >= 15 is 0 Å². The van der Waals surface area contributed by atoms with E-state index in [0.717, 1.165) is 49.4 Å². The zero-order chi connectivity index (χ0) is 21.7. The number of sulfone groups is 1. The van der Waals surface area contributed by atoms with Crippen LogP contribution >= 0.6 is 0 Å². The van der Waals surface area contributed by atoms with Gasteiger partial charge >= 0.3 is 0 Å². The lowest BCUT2D eigenvalue weighted by atomic mass is 9.88. The van der Waals surface area contributed by atoms with Crippen LogP contribution in [-0.4, -0.2) is 52.1 Å². The van der Waals surface area contributed by atoms with E-state index in [0.29, 0.717) is 12.5 Å². The first kappa shape index (κ1) is 21.6. The van der Waals surface area contributed by atoms with Gasteiger partial charge in [-0.05, 0) is 55.1 Å².